The molecule has 5 heterocycles. The molecule has 5 aliphatic rings. The molecule has 0 aromatic carbocycles. The van der Waals surface area contributed by atoms with Crippen molar-refractivity contribution in [3.8, 4) is 0 Å². The van der Waals surface area contributed by atoms with Crippen LogP contribution in [-0.2, 0) is 47.5 Å². The van der Waals surface area contributed by atoms with Gasteiger partial charge in [-0.1, -0.05) is 115 Å². The molecule has 0 aromatic rings. The largest absolute Gasteiger partial charge is 0.458 e. The van der Waals surface area contributed by atoms with E-state index in [4.69, 9.17) is 37.9 Å². The van der Waals surface area contributed by atoms with Gasteiger partial charge < -0.3 is 78.7 Å². The molecule has 0 spiro atoms. The van der Waals surface area contributed by atoms with E-state index in [1.807, 2.05) is 53.7 Å². The zero-order valence-corrected chi connectivity index (χ0v) is 47.8. The van der Waals surface area contributed by atoms with Crippen LogP contribution in [0.5, 0.6) is 0 Å². The zero-order valence-electron chi connectivity index (χ0n) is 47.8. The first kappa shape index (κ1) is 64.6. The van der Waals surface area contributed by atoms with E-state index in [-0.39, 0.29) is 37.5 Å². The van der Waals surface area contributed by atoms with Gasteiger partial charge in [0.05, 0.1) is 61.0 Å². The van der Waals surface area contributed by atoms with Crippen LogP contribution >= 0.6 is 0 Å². The first-order chi connectivity index (χ1) is 36.0. The molecular formula is C59H94O18. The third kappa shape index (κ3) is 16.5. The minimum Gasteiger partial charge on any atom is -0.458 e. The Kier molecular flexibility index (Phi) is 23.5. The smallest absolute Gasteiger partial charge is 0.331 e. The van der Waals surface area contributed by atoms with Crippen LogP contribution in [0.4, 0.5) is 0 Å². The minimum absolute atomic E-state index is 0.0185. The fraction of sp³-hybridized carbons (Fsp3) is 0.763. The number of hydrogen-bond acceptors (Lipinski definition) is 18. The number of aliphatic hydroxyl groups excluding tert-OH is 6. The maximum atomic E-state index is 13.7. The highest BCUT2D eigenvalue weighted by Gasteiger charge is 2.54. The van der Waals surface area contributed by atoms with Crippen LogP contribution in [0, 0.1) is 47.3 Å². The molecule has 4 saturated heterocycles. The lowest BCUT2D eigenvalue weighted by molar-refractivity contribution is -0.345. The summed E-state index contributed by atoms with van der Waals surface area (Å²) in [6, 6.07) is 0. The number of rotatable bonds is 13. The quantitative estimate of drug-likeness (QED) is 0.104. The van der Waals surface area contributed by atoms with Crippen LogP contribution in [0.2, 0.25) is 0 Å². The fourth-order valence-corrected chi connectivity index (χ4v) is 11.6. The maximum Gasteiger partial charge on any atom is 0.331 e. The second-order valence-electron chi connectivity index (χ2n) is 23.2. The highest BCUT2D eigenvalue weighted by atomic mass is 16.7. The average molecular weight is 1090 g/mol. The number of allylic oxidation sites excluding steroid dienone is 8. The molecule has 0 saturated carbocycles. The molecule has 0 bridgehead atoms. The summed E-state index contributed by atoms with van der Waals surface area (Å²) in [5.74, 6) is -9.66. The molecule has 18 heteroatoms. The molecule has 0 aliphatic carbocycles. The van der Waals surface area contributed by atoms with E-state index in [2.05, 4.69) is 0 Å². The summed E-state index contributed by atoms with van der Waals surface area (Å²) in [6.45, 7) is 25.0. The summed E-state index contributed by atoms with van der Waals surface area (Å²) in [5.41, 5.74) is 1.35. The van der Waals surface area contributed by atoms with Gasteiger partial charge in [-0.15, -0.1) is 0 Å². The van der Waals surface area contributed by atoms with Crippen molar-refractivity contribution in [3.63, 3.8) is 0 Å². The summed E-state index contributed by atoms with van der Waals surface area (Å²) in [5, 5.41) is 89.9. The highest BCUT2D eigenvalue weighted by molar-refractivity contribution is 5.83. The van der Waals surface area contributed by atoms with Crippen LogP contribution in [-0.4, -0.2) is 162 Å². The Morgan fingerprint density at radius 1 is 0.597 bits per heavy atom. The van der Waals surface area contributed by atoms with E-state index in [0.717, 1.165) is 0 Å². The van der Waals surface area contributed by atoms with E-state index in [1.165, 1.54) is 12.2 Å². The molecular weight excluding hydrogens is 997 g/mol. The molecule has 0 unspecified atom stereocenters. The minimum atomic E-state index is -1.87. The third-order valence-electron chi connectivity index (χ3n) is 17.3. The molecule has 26 atom stereocenters. The summed E-state index contributed by atoms with van der Waals surface area (Å²) < 4.78 is 49.2. The summed E-state index contributed by atoms with van der Waals surface area (Å²) in [7, 11) is 0. The van der Waals surface area contributed by atoms with Gasteiger partial charge in [-0.25, -0.2) is 9.59 Å². The fourth-order valence-electron chi connectivity index (χ4n) is 11.6. The number of esters is 2. The molecule has 0 radical (unpaired) electrons. The normalized spacial score (nSPS) is 42.7. The van der Waals surface area contributed by atoms with Crippen molar-refractivity contribution in [2.75, 3.05) is 0 Å². The van der Waals surface area contributed by atoms with E-state index in [9.17, 15) is 50.4 Å². The predicted molar refractivity (Wildman–Crippen MR) is 286 cm³/mol. The molecule has 5 rings (SSSR count). The first-order valence-electron chi connectivity index (χ1n) is 28.0. The van der Waals surface area contributed by atoms with Gasteiger partial charge in [0.1, 0.15) is 24.4 Å². The molecule has 438 valence electrons. The number of carbonyl (C=O) groups is 2. The van der Waals surface area contributed by atoms with Crippen molar-refractivity contribution in [2.45, 2.75) is 239 Å². The number of ether oxygens (including phenoxy) is 8. The lowest BCUT2D eigenvalue weighted by Gasteiger charge is -2.50. The molecule has 18 nitrogen and oxygen atoms in total. The van der Waals surface area contributed by atoms with Crippen molar-refractivity contribution in [3.05, 3.63) is 71.9 Å². The average Bonchev–Trinajstić information content (AvgIpc) is 3.36. The Hall–Kier alpha value is -3.18. The van der Waals surface area contributed by atoms with Gasteiger partial charge >= 0.3 is 11.9 Å². The number of aliphatic hydroxyl groups is 8. The van der Waals surface area contributed by atoms with Crippen molar-refractivity contribution in [1.29, 1.82) is 0 Å². The van der Waals surface area contributed by atoms with Gasteiger partial charge in [0.15, 0.2) is 24.2 Å². The van der Waals surface area contributed by atoms with Crippen LogP contribution in [0.25, 0.3) is 0 Å². The van der Waals surface area contributed by atoms with Gasteiger partial charge in [0, 0.05) is 85.2 Å². The van der Waals surface area contributed by atoms with E-state index in [1.54, 1.807) is 91.8 Å². The van der Waals surface area contributed by atoms with Crippen LogP contribution in [0.15, 0.2) is 71.9 Å². The maximum absolute atomic E-state index is 13.7. The molecule has 0 amide bonds. The van der Waals surface area contributed by atoms with E-state index >= 15 is 0 Å². The Balaban J connectivity index is 1.33. The van der Waals surface area contributed by atoms with Gasteiger partial charge in [-0.3, -0.25) is 0 Å². The first-order valence-corrected chi connectivity index (χ1v) is 28.0. The Morgan fingerprint density at radius 2 is 0.987 bits per heavy atom. The van der Waals surface area contributed by atoms with Crippen molar-refractivity contribution < 1.29 is 88.3 Å². The van der Waals surface area contributed by atoms with Crippen molar-refractivity contribution in [2.24, 2.45) is 47.3 Å². The van der Waals surface area contributed by atoms with Crippen LogP contribution < -0.4 is 0 Å². The summed E-state index contributed by atoms with van der Waals surface area (Å²) >= 11 is 0. The second kappa shape index (κ2) is 28.0. The molecule has 4 fully saturated rings. The number of hydrogen-bond donors (Lipinski definition) is 8. The lowest BCUT2D eigenvalue weighted by atomic mass is 9.76. The monoisotopic (exact) mass is 1090 g/mol. The van der Waals surface area contributed by atoms with Gasteiger partial charge in [0.25, 0.3) is 0 Å². The number of cyclic esters (lactones) is 2. The van der Waals surface area contributed by atoms with Crippen molar-refractivity contribution in [1.82, 2.24) is 0 Å². The third-order valence-corrected chi connectivity index (χ3v) is 17.3. The van der Waals surface area contributed by atoms with Crippen LogP contribution in [0.3, 0.4) is 0 Å². The van der Waals surface area contributed by atoms with Gasteiger partial charge in [-0.2, -0.15) is 0 Å². The molecule has 0 aromatic heterocycles. The lowest BCUT2D eigenvalue weighted by Crippen LogP contribution is -2.59. The van der Waals surface area contributed by atoms with Gasteiger partial charge in [-0.05, 0) is 48.0 Å². The zero-order chi connectivity index (χ0) is 57.4. The molecule has 77 heavy (non-hydrogen) atoms. The SMILES string of the molecule is CC[C@@H]1[C@@H](C)O[C@@](O)([C@@H](C)[C@H](O)[C@H](C)[C@H]2OC(=O)C=CC(C)=CC=C[C@H](C)[C@@H]([C@@H](C)[C@@H](O)[C@H](C)[C@@]3(O)C[C@@H](O[C@H]4C[C@H](O)[C@H](O)[C@H](C)O4)[C@H](C)[C@@H](C)O3)OC(=O)C=CC(C)=CC=C[C@@H]2C)C[C@H]1O[C@H]1C[C@H](O)[C@H](O)[C@H](C)O1. The van der Waals surface area contributed by atoms with Crippen LogP contribution in [0.1, 0.15) is 129 Å². The summed E-state index contributed by atoms with van der Waals surface area (Å²) in [4.78, 5) is 27.3. The molecule has 5 aliphatic heterocycles. The predicted octanol–water partition coefficient (Wildman–Crippen LogP) is 5.62. The second-order valence-corrected chi connectivity index (χ2v) is 23.2. The Morgan fingerprint density at radius 3 is 1.39 bits per heavy atom. The topological polar surface area (TPSA) is 270 Å². The van der Waals surface area contributed by atoms with Gasteiger partial charge in [0.2, 0.25) is 0 Å². The molecule has 8 N–H and O–H groups in total. The summed E-state index contributed by atoms with van der Waals surface area (Å²) in [6.07, 6.45) is 3.51. The van der Waals surface area contributed by atoms with E-state index < -0.39 is 157 Å². The Labute approximate surface area is 456 Å². The Bertz CT molecular complexity index is 2080. The van der Waals surface area contributed by atoms with E-state index in [0.29, 0.717) is 17.6 Å². The number of carbonyl (C=O) groups excluding carboxylic acids is 2. The highest BCUT2D eigenvalue weighted by Crippen LogP contribution is 2.44. The standard InChI is InChI=1S/C59H94O18/c1-15-43-40(12)77-59(69,29-47(43)73-51-27-45(61)55(67)42(14)71-51)38(10)53(65)36(8)57-33(5)21-17-19-31(3)22-24-48(62)74-56(32(4)20-16-18-30(2)23-25-49(63)75-57)35(7)52(64)37(9)58(68)28-46(34(6)39(11)76-58)72-50-26-44(60)54(66)41(13)70-50/h16-25,32-47,50-57,60-61,64-69H,15,26-29H2,1-14H3/t32-,33-,34+,35-,36-,37-,38-,39+,40+,41-,42-,43+,44-,45-,46+,47+,50-,51-,52+,53+,54+,55+,56-,57-,58+,59+/m0/s1. The van der Waals surface area contributed by atoms with Crippen molar-refractivity contribution >= 4 is 11.9 Å².